The van der Waals surface area contributed by atoms with Gasteiger partial charge in [0.25, 0.3) is 0 Å². The van der Waals surface area contributed by atoms with Crippen molar-refractivity contribution in [1.82, 2.24) is 0 Å². The first-order valence-electron chi connectivity index (χ1n) is 4.10. The zero-order valence-electron chi connectivity index (χ0n) is 6.71. The van der Waals surface area contributed by atoms with E-state index in [1.807, 2.05) is 6.07 Å². The molecule has 1 aliphatic carbocycles. The molecule has 0 amide bonds. The van der Waals surface area contributed by atoms with Crippen LogP contribution in [0.2, 0.25) is 0 Å². The van der Waals surface area contributed by atoms with Gasteiger partial charge in [-0.15, -0.1) is 0 Å². The van der Waals surface area contributed by atoms with Gasteiger partial charge in [0.2, 0.25) is 0 Å². The minimum atomic E-state index is 0.515. The molecule has 11 heavy (non-hydrogen) atoms. The molecule has 1 fully saturated rings. The highest BCUT2D eigenvalue weighted by atomic mass is 16.3. The van der Waals surface area contributed by atoms with E-state index in [9.17, 15) is 0 Å². The van der Waals surface area contributed by atoms with Crippen molar-refractivity contribution in [1.29, 1.82) is 0 Å². The maximum Gasteiger partial charge on any atom is 0.117 e. The fourth-order valence-corrected chi connectivity index (χ4v) is 1.42. The van der Waals surface area contributed by atoms with Gasteiger partial charge >= 0.3 is 0 Å². The average molecular weight is 151 g/mol. The maximum atomic E-state index is 5.50. The van der Waals surface area contributed by atoms with Gasteiger partial charge in [0.05, 0.1) is 6.54 Å². The van der Waals surface area contributed by atoms with Gasteiger partial charge in [-0.3, -0.25) is 0 Å². The number of rotatable bonds is 2. The fraction of sp³-hybridized carbons (Fsp3) is 0.556. The summed E-state index contributed by atoms with van der Waals surface area (Å²) >= 11 is 0. The van der Waals surface area contributed by atoms with E-state index in [-0.39, 0.29) is 0 Å². The Morgan fingerprint density at radius 3 is 2.82 bits per heavy atom. The van der Waals surface area contributed by atoms with E-state index in [0.717, 1.165) is 17.4 Å². The molecule has 60 valence electrons. The van der Waals surface area contributed by atoms with E-state index in [1.54, 1.807) is 0 Å². The molecule has 0 bridgehead atoms. The Kier molecular flexibility index (Phi) is 1.50. The SMILES string of the molecule is C[C@H]1C[C@H]1c1ccc(CN)o1. The second-order valence-corrected chi connectivity index (χ2v) is 3.33. The van der Waals surface area contributed by atoms with E-state index < -0.39 is 0 Å². The molecule has 0 spiro atoms. The lowest BCUT2D eigenvalue weighted by molar-refractivity contribution is 0.463. The van der Waals surface area contributed by atoms with Gasteiger partial charge in [-0.1, -0.05) is 6.92 Å². The lowest BCUT2D eigenvalue weighted by Crippen LogP contribution is -1.92. The Labute approximate surface area is 66.4 Å². The summed E-state index contributed by atoms with van der Waals surface area (Å²) in [7, 11) is 0. The van der Waals surface area contributed by atoms with Crippen molar-refractivity contribution in [2.45, 2.75) is 25.8 Å². The number of hydrogen-bond donors (Lipinski definition) is 1. The molecular weight excluding hydrogens is 138 g/mol. The van der Waals surface area contributed by atoms with Crippen LogP contribution in [0.1, 0.15) is 30.8 Å². The van der Waals surface area contributed by atoms with Crippen LogP contribution in [-0.2, 0) is 6.54 Å². The quantitative estimate of drug-likeness (QED) is 0.700. The van der Waals surface area contributed by atoms with Crippen molar-refractivity contribution in [3.05, 3.63) is 23.7 Å². The molecule has 1 saturated carbocycles. The zero-order valence-corrected chi connectivity index (χ0v) is 6.71. The first kappa shape index (κ1) is 6.92. The summed E-state index contributed by atoms with van der Waals surface area (Å²) in [4.78, 5) is 0. The summed E-state index contributed by atoms with van der Waals surface area (Å²) in [6.45, 7) is 2.76. The van der Waals surface area contributed by atoms with Crippen LogP contribution in [0, 0.1) is 5.92 Å². The van der Waals surface area contributed by atoms with E-state index >= 15 is 0 Å². The molecule has 0 saturated heterocycles. The second-order valence-electron chi connectivity index (χ2n) is 3.33. The van der Waals surface area contributed by atoms with Gasteiger partial charge in [0, 0.05) is 5.92 Å². The first-order chi connectivity index (χ1) is 5.31. The lowest BCUT2D eigenvalue weighted by Gasteiger charge is -1.90. The molecule has 1 aromatic rings. The Balaban J connectivity index is 2.13. The molecule has 2 N–H and O–H groups in total. The van der Waals surface area contributed by atoms with E-state index in [4.69, 9.17) is 10.2 Å². The topological polar surface area (TPSA) is 39.2 Å². The van der Waals surface area contributed by atoms with Gasteiger partial charge in [0.1, 0.15) is 11.5 Å². The van der Waals surface area contributed by atoms with Crippen molar-refractivity contribution < 1.29 is 4.42 Å². The summed E-state index contributed by atoms with van der Waals surface area (Å²) in [6.07, 6.45) is 1.28. The number of nitrogens with two attached hydrogens (primary N) is 1. The summed E-state index contributed by atoms with van der Waals surface area (Å²) in [5.41, 5.74) is 5.42. The van der Waals surface area contributed by atoms with Crippen LogP contribution in [0.25, 0.3) is 0 Å². The molecule has 0 unspecified atom stereocenters. The van der Waals surface area contributed by atoms with Crippen LogP contribution in [0.15, 0.2) is 16.5 Å². The predicted octanol–water partition coefficient (Wildman–Crippen LogP) is 1.86. The largest absolute Gasteiger partial charge is 0.464 e. The van der Waals surface area contributed by atoms with Crippen molar-refractivity contribution in [3.63, 3.8) is 0 Å². The highest BCUT2D eigenvalue weighted by Crippen LogP contribution is 2.47. The van der Waals surface area contributed by atoms with E-state index in [2.05, 4.69) is 13.0 Å². The summed E-state index contributed by atoms with van der Waals surface area (Å²) in [5.74, 6) is 3.51. The molecule has 0 aliphatic heterocycles. The van der Waals surface area contributed by atoms with Gasteiger partial charge in [-0.05, 0) is 24.5 Å². The Hall–Kier alpha value is -0.760. The third-order valence-electron chi connectivity index (χ3n) is 2.36. The van der Waals surface area contributed by atoms with E-state index in [0.29, 0.717) is 12.5 Å². The molecule has 2 atom stereocenters. The first-order valence-corrected chi connectivity index (χ1v) is 4.10. The highest BCUT2D eigenvalue weighted by molar-refractivity contribution is 5.17. The van der Waals surface area contributed by atoms with Gasteiger partial charge < -0.3 is 10.2 Å². The Morgan fingerprint density at radius 1 is 1.64 bits per heavy atom. The average Bonchev–Trinajstić information content (AvgIpc) is 2.59. The summed E-state index contributed by atoms with van der Waals surface area (Å²) in [5, 5.41) is 0. The van der Waals surface area contributed by atoms with Crippen molar-refractivity contribution in [2.24, 2.45) is 11.7 Å². The number of hydrogen-bond acceptors (Lipinski definition) is 2. The molecule has 2 nitrogen and oxygen atoms in total. The predicted molar refractivity (Wildman–Crippen MR) is 43.1 cm³/mol. The minimum Gasteiger partial charge on any atom is -0.464 e. The monoisotopic (exact) mass is 151 g/mol. The molecule has 2 heteroatoms. The third-order valence-corrected chi connectivity index (χ3v) is 2.36. The molecule has 0 aromatic carbocycles. The summed E-state index contributed by atoms with van der Waals surface area (Å²) in [6, 6.07) is 4.02. The molecule has 2 rings (SSSR count). The van der Waals surface area contributed by atoms with Crippen LogP contribution in [-0.4, -0.2) is 0 Å². The van der Waals surface area contributed by atoms with Crippen LogP contribution in [0.5, 0.6) is 0 Å². The fourth-order valence-electron chi connectivity index (χ4n) is 1.42. The van der Waals surface area contributed by atoms with Gasteiger partial charge in [-0.2, -0.15) is 0 Å². The van der Waals surface area contributed by atoms with Gasteiger partial charge in [0.15, 0.2) is 0 Å². The van der Waals surface area contributed by atoms with Crippen molar-refractivity contribution in [3.8, 4) is 0 Å². The Bertz CT molecular complexity index is 254. The van der Waals surface area contributed by atoms with E-state index in [1.165, 1.54) is 6.42 Å². The van der Waals surface area contributed by atoms with Crippen molar-refractivity contribution >= 4 is 0 Å². The highest BCUT2D eigenvalue weighted by Gasteiger charge is 2.36. The molecular formula is C9H13NO. The zero-order chi connectivity index (χ0) is 7.84. The standard InChI is InChI=1S/C9H13NO/c1-6-4-8(6)9-3-2-7(5-10)11-9/h2-3,6,8H,4-5,10H2,1H3/t6-,8+/m0/s1. The van der Waals surface area contributed by atoms with Crippen LogP contribution < -0.4 is 5.73 Å². The third kappa shape index (κ3) is 1.18. The minimum absolute atomic E-state index is 0.515. The second kappa shape index (κ2) is 2.38. The Morgan fingerprint density at radius 2 is 2.36 bits per heavy atom. The lowest BCUT2D eigenvalue weighted by atomic mass is 10.3. The maximum absolute atomic E-state index is 5.50. The molecule has 1 aliphatic rings. The van der Waals surface area contributed by atoms with Crippen LogP contribution in [0.3, 0.4) is 0 Å². The van der Waals surface area contributed by atoms with Crippen molar-refractivity contribution in [2.75, 3.05) is 0 Å². The molecule has 1 heterocycles. The van der Waals surface area contributed by atoms with Gasteiger partial charge in [-0.25, -0.2) is 0 Å². The van der Waals surface area contributed by atoms with Crippen LogP contribution in [0.4, 0.5) is 0 Å². The molecule has 1 aromatic heterocycles. The summed E-state index contributed by atoms with van der Waals surface area (Å²) < 4.78 is 5.50. The smallest absolute Gasteiger partial charge is 0.117 e. The number of furan rings is 1. The normalized spacial score (nSPS) is 28.9. The van der Waals surface area contributed by atoms with Crippen LogP contribution >= 0.6 is 0 Å². The molecule has 0 radical (unpaired) electrons.